The van der Waals surface area contributed by atoms with Crippen molar-refractivity contribution in [1.82, 2.24) is 9.97 Å². The van der Waals surface area contributed by atoms with Gasteiger partial charge in [0.2, 0.25) is 0 Å². The van der Waals surface area contributed by atoms with Gasteiger partial charge in [-0.25, -0.2) is 4.98 Å². The molecule has 4 nitrogen and oxygen atoms in total. The number of benzene rings is 1. The fourth-order valence-electron chi connectivity index (χ4n) is 2.31. The molecule has 1 aliphatic rings. The number of anilines is 1. The first-order valence-electron chi connectivity index (χ1n) is 7.54. The highest BCUT2D eigenvalue weighted by Gasteiger charge is 2.24. The van der Waals surface area contributed by atoms with Crippen LogP contribution in [0.4, 0.5) is 5.69 Å². The van der Waals surface area contributed by atoms with Crippen LogP contribution in [-0.4, -0.2) is 23.9 Å². The molecule has 0 atom stereocenters. The first-order valence-corrected chi connectivity index (χ1v) is 11.0. The van der Waals surface area contributed by atoms with Crippen molar-refractivity contribution in [2.24, 2.45) is 0 Å². The number of aryl methyl sites for hydroxylation is 1. The van der Waals surface area contributed by atoms with Crippen LogP contribution in [0.1, 0.15) is 22.6 Å². The lowest BCUT2D eigenvalue weighted by molar-refractivity contribution is -0.110. The number of nitrogens with zero attached hydrogens (tertiary/aromatic N) is 1. The highest BCUT2D eigenvalue weighted by molar-refractivity contribution is 6.83. The van der Waals surface area contributed by atoms with Gasteiger partial charge >= 0.3 is 0 Å². The highest BCUT2D eigenvalue weighted by atomic mass is 28.3. The normalized spacial score (nSPS) is 15.1. The molecule has 1 aliphatic heterocycles. The van der Waals surface area contributed by atoms with Crippen LogP contribution in [0.25, 0.3) is 11.6 Å². The van der Waals surface area contributed by atoms with Crippen LogP contribution >= 0.6 is 0 Å². The Morgan fingerprint density at radius 3 is 2.70 bits per heavy atom. The number of aromatic amines is 1. The van der Waals surface area contributed by atoms with Crippen molar-refractivity contribution in [1.29, 1.82) is 0 Å². The maximum Gasteiger partial charge on any atom is 0.256 e. The first kappa shape index (κ1) is 15.3. The SMILES string of the molecule is Cc1cnc(C=C2C(=O)Nc3ccc(C#C[Si](C)(C)C)cc32)[nH]1. The molecule has 23 heavy (non-hydrogen) atoms. The van der Waals surface area contributed by atoms with Gasteiger partial charge in [-0.15, -0.1) is 5.54 Å². The summed E-state index contributed by atoms with van der Waals surface area (Å²) in [5.74, 6) is 3.81. The lowest BCUT2D eigenvalue weighted by Crippen LogP contribution is -2.16. The van der Waals surface area contributed by atoms with Crippen molar-refractivity contribution in [3.63, 3.8) is 0 Å². The van der Waals surface area contributed by atoms with E-state index in [-0.39, 0.29) is 5.91 Å². The Bertz CT molecular complexity index is 876. The topological polar surface area (TPSA) is 57.8 Å². The third-order valence-corrected chi connectivity index (χ3v) is 4.26. The zero-order chi connectivity index (χ0) is 16.6. The van der Waals surface area contributed by atoms with Crippen molar-refractivity contribution in [3.05, 3.63) is 47.0 Å². The van der Waals surface area contributed by atoms with Crippen LogP contribution in [0.3, 0.4) is 0 Å². The van der Waals surface area contributed by atoms with Gasteiger partial charge in [-0.3, -0.25) is 4.79 Å². The summed E-state index contributed by atoms with van der Waals surface area (Å²) in [6.45, 7) is 8.57. The largest absolute Gasteiger partial charge is 0.343 e. The number of aromatic nitrogens is 2. The molecule has 2 heterocycles. The Balaban J connectivity index is 2.02. The third kappa shape index (κ3) is 3.43. The van der Waals surface area contributed by atoms with Crippen LogP contribution in [-0.2, 0) is 4.79 Å². The Morgan fingerprint density at radius 1 is 1.26 bits per heavy atom. The van der Waals surface area contributed by atoms with E-state index in [1.165, 1.54) is 0 Å². The van der Waals surface area contributed by atoms with E-state index in [4.69, 9.17) is 0 Å². The second kappa shape index (κ2) is 5.56. The predicted molar refractivity (Wildman–Crippen MR) is 96.5 cm³/mol. The number of hydrogen-bond acceptors (Lipinski definition) is 2. The van der Waals surface area contributed by atoms with Crippen molar-refractivity contribution >= 4 is 31.3 Å². The second-order valence-corrected chi connectivity index (χ2v) is 11.5. The molecule has 0 spiro atoms. The average Bonchev–Trinajstić information content (AvgIpc) is 3.00. The number of imidazole rings is 1. The van der Waals surface area contributed by atoms with Crippen LogP contribution < -0.4 is 5.32 Å². The molecule has 2 N–H and O–H groups in total. The quantitative estimate of drug-likeness (QED) is 0.480. The Morgan fingerprint density at radius 2 is 2.04 bits per heavy atom. The van der Waals surface area contributed by atoms with Crippen LogP contribution in [0.5, 0.6) is 0 Å². The van der Waals surface area contributed by atoms with Crippen LogP contribution in [0.15, 0.2) is 24.4 Å². The minimum absolute atomic E-state index is 0.107. The summed E-state index contributed by atoms with van der Waals surface area (Å²) < 4.78 is 0. The Hall–Kier alpha value is -2.58. The van der Waals surface area contributed by atoms with E-state index in [1.807, 2.05) is 25.1 Å². The molecule has 5 heteroatoms. The maximum atomic E-state index is 12.2. The molecule has 1 aromatic carbocycles. The number of carbonyl (C=O) groups is 1. The summed E-state index contributed by atoms with van der Waals surface area (Å²) in [4.78, 5) is 19.6. The summed E-state index contributed by atoms with van der Waals surface area (Å²) in [5.41, 5.74) is 7.57. The summed E-state index contributed by atoms with van der Waals surface area (Å²) in [7, 11) is -1.43. The van der Waals surface area contributed by atoms with Gasteiger partial charge in [0.1, 0.15) is 13.9 Å². The molecule has 0 bridgehead atoms. The standard InChI is InChI=1S/C18H19N3OSi/c1-12-11-19-17(20-12)10-15-14-9-13(7-8-23(2,3)4)5-6-16(14)21-18(15)22/h5-6,9-11H,1-4H3,(H,19,20)(H,21,22). The van der Waals surface area contributed by atoms with Crippen molar-refractivity contribution in [3.8, 4) is 11.5 Å². The molecule has 0 fully saturated rings. The van der Waals surface area contributed by atoms with Gasteiger partial charge in [0, 0.05) is 28.7 Å². The zero-order valence-electron chi connectivity index (χ0n) is 13.7. The molecule has 0 unspecified atom stereocenters. The summed E-state index contributed by atoms with van der Waals surface area (Å²) >= 11 is 0. The molecule has 116 valence electrons. The summed E-state index contributed by atoms with van der Waals surface area (Å²) in [6.07, 6.45) is 3.53. The lowest BCUT2D eigenvalue weighted by Gasteiger charge is -2.04. The van der Waals surface area contributed by atoms with E-state index in [9.17, 15) is 4.79 Å². The number of nitrogens with one attached hydrogen (secondary N) is 2. The Labute approximate surface area is 137 Å². The number of fused-ring (bicyclic) bond motifs is 1. The summed E-state index contributed by atoms with van der Waals surface area (Å²) in [5, 5.41) is 2.89. The Kier molecular flexibility index (Phi) is 3.70. The van der Waals surface area contributed by atoms with E-state index in [2.05, 4.69) is 46.4 Å². The molecule has 3 rings (SSSR count). The van der Waals surface area contributed by atoms with Crippen molar-refractivity contribution < 1.29 is 4.79 Å². The molecule has 1 amide bonds. The summed E-state index contributed by atoms with van der Waals surface area (Å²) in [6, 6.07) is 5.84. The average molecular weight is 321 g/mol. The van der Waals surface area contributed by atoms with E-state index in [1.54, 1.807) is 12.3 Å². The number of H-pyrrole nitrogens is 1. The van der Waals surface area contributed by atoms with Gasteiger partial charge in [0.15, 0.2) is 0 Å². The molecule has 0 saturated heterocycles. The first-order chi connectivity index (χ1) is 10.8. The van der Waals surface area contributed by atoms with E-state index in [0.29, 0.717) is 11.4 Å². The molecule has 2 aromatic rings. The van der Waals surface area contributed by atoms with Crippen LogP contribution in [0, 0.1) is 18.4 Å². The molecule has 1 aromatic heterocycles. The number of rotatable bonds is 1. The molecular weight excluding hydrogens is 302 g/mol. The molecular formula is C18H19N3OSi. The van der Waals surface area contributed by atoms with Gasteiger partial charge in [-0.2, -0.15) is 0 Å². The second-order valence-electron chi connectivity index (χ2n) is 6.72. The fourth-order valence-corrected chi connectivity index (χ4v) is 2.83. The minimum Gasteiger partial charge on any atom is -0.343 e. The zero-order valence-corrected chi connectivity index (χ0v) is 14.7. The van der Waals surface area contributed by atoms with Crippen molar-refractivity contribution in [2.45, 2.75) is 26.6 Å². The number of amides is 1. The van der Waals surface area contributed by atoms with Crippen LogP contribution in [0.2, 0.25) is 19.6 Å². The highest BCUT2D eigenvalue weighted by Crippen LogP contribution is 2.33. The van der Waals surface area contributed by atoms with Gasteiger partial charge in [-0.1, -0.05) is 25.6 Å². The van der Waals surface area contributed by atoms with E-state index < -0.39 is 8.07 Å². The maximum absolute atomic E-state index is 12.2. The molecule has 0 saturated carbocycles. The van der Waals surface area contributed by atoms with Gasteiger partial charge in [0.05, 0.1) is 5.57 Å². The number of carbonyl (C=O) groups excluding carboxylic acids is 1. The predicted octanol–water partition coefficient (Wildman–Crippen LogP) is 3.44. The van der Waals surface area contributed by atoms with Gasteiger partial charge in [0.25, 0.3) is 5.91 Å². The van der Waals surface area contributed by atoms with Gasteiger partial charge in [-0.05, 0) is 31.2 Å². The smallest absolute Gasteiger partial charge is 0.256 e. The van der Waals surface area contributed by atoms with Crippen molar-refractivity contribution in [2.75, 3.05) is 5.32 Å². The van der Waals surface area contributed by atoms with E-state index >= 15 is 0 Å². The van der Waals surface area contributed by atoms with Gasteiger partial charge < -0.3 is 10.3 Å². The monoisotopic (exact) mass is 321 g/mol. The third-order valence-electron chi connectivity index (χ3n) is 3.39. The molecule has 0 aliphatic carbocycles. The van der Waals surface area contributed by atoms with E-state index in [0.717, 1.165) is 22.5 Å². The number of hydrogen-bond donors (Lipinski definition) is 2. The fraction of sp³-hybridized carbons (Fsp3) is 0.222. The molecule has 0 radical (unpaired) electrons. The minimum atomic E-state index is -1.43. The lowest BCUT2D eigenvalue weighted by atomic mass is 10.0.